The summed E-state index contributed by atoms with van der Waals surface area (Å²) in [6.45, 7) is 14.5. The van der Waals surface area contributed by atoms with E-state index in [9.17, 15) is 9.90 Å². The highest BCUT2D eigenvalue weighted by atomic mass is 16.3. The fourth-order valence-electron chi connectivity index (χ4n) is 3.57. The van der Waals surface area contributed by atoms with E-state index in [0.29, 0.717) is 17.7 Å². The Morgan fingerprint density at radius 2 is 1.73 bits per heavy atom. The molecule has 0 spiro atoms. The van der Waals surface area contributed by atoms with Crippen LogP contribution in [-0.4, -0.2) is 42.0 Å². The summed E-state index contributed by atoms with van der Waals surface area (Å²) in [7, 11) is 0. The van der Waals surface area contributed by atoms with E-state index in [1.54, 1.807) is 18.2 Å². The molecule has 0 radical (unpaired) electrons. The third-order valence-electron chi connectivity index (χ3n) is 5.40. The number of rotatable bonds is 13. The molecule has 0 saturated heterocycles. The lowest BCUT2D eigenvalue weighted by Gasteiger charge is -2.19. The number of nitrogens with zero attached hydrogens (tertiary/aromatic N) is 1. The molecule has 0 aliphatic rings. The van der Waals surface area contributed by atoms with Gasteiger partial charge in [-0.05, 0) is 63.5 Å². The molecule has 0 aliphatic heterocycles. The summed E-state index contributed by atoms with van der Waals surface area (Å²) in [5.41, 5.74) is 3.75. The normalized spacial score (nSPS) is 10.9. The molecule has 0 amide bonds. The molecule has 0 heterocycles. The first kappa shape index (κ1) is 23.7. The number of Topliss-reactive ketones (excluding diaryl/α,β-unsaturated/α-hetero) is 1. The third-order valence-corrected chi connectivity index (χ3v) is 5.40. The van der Waals surface area contributed by atoms with E-state index < -0.39 is 0 Å². The molecular formula is C26H36N2O2. The van der Waals surface area contributed by atoms with Crippen molar-refractivity contribution in [3.8, 4) is 5.75 Å². The van der Waals surface area contributed by atoms with Crippen LogP contribution in [0.4, 0.5) is 5.69 Å². The number of hydrogen-bond donors (Lipinski definition) is 2. The summed E-state index contributed by atoms with van der Waals surface area (Å²) in [5, 5.41) is 12.9. The molecule has 0 saturated carbocycles. The Kier molecular flexibility index (Phi) is 9.62. The lowest BCUT2D eigenvalue weighted by atomic mass is 9.95. The highest BCUT2D eigenvalue weighted by Gasteiger charge is 2.16. The number of anilines is 1. The lowest BCUT2D eigenvalue weighted by molar-refractivity contribution is 0.105. The number of hydrogen-bond acceptors (Lipinski definition) is 4. The minimum absolute atomic E-state index is 0.0943. The number of unbranched alkanes of at least 4 members (excludes halogenated alkanes) is 1. The number of carbonyl (C=O) groups is 1. The van der Waals surface area contributed by atoms with Crippen molar-refractivity contribution in [2.75, 3.05) is 31.5 Å². The number of nitrogens with one attached hydrogen (secondary N) is 1. The van der Waals surface area contributed by atoms with Gasteiger partial charge in [-0.15, -0.1) is 0 Å². The minimum Gasteiger partial charge on any atom is -0.508 e. The van der Waals surface area contributed by atoms with Gasteiger partial charge in [0.2, 0.25) is 0 Å². The Balaban J connectivity index is 1.99. The molecule has 0 atom stereocenters. The van der Waals surface area contributed by atoms with Gasteiger partial charge in [0, 0.05) is 35.0 Å². The Morgan fingerprint density at radius 3 is 2.37 bits per heavy atom. The molecule has 4 nitrogen and oxygen atoms in total. The number of benzene rings is 2. The monoisotopic (exact) mass is 408 g/mol. The number of allylic oxidation sites excluding steroid dienone is 1. The maximum absolute atomic E-state index is 12.9. The van der Waals surface area contributed by atoms with Gasteiger partial charge in [-0.2, -0.15) is 0 Å². The maximum Gasteiger partial charge on any atom is 0.193 e. The summed E-state index contributed by atoms with van der Waals surface area (Å²) in [5.74, 6) is 0.0683. The van der Waals surface area contributed by atoms with Crippen LogP contribution in [0.25, 0.3) is 5.57 Å². The summed E-state index contributed by atoms with van der Waals surface area (Å²) in [4.78, 5) is 15.4. The number of ketones is 1. The molecule has 0 aromatic heterocycles. The van der Waals surface area contributed by atoms with Crippen LogP contribution in [0.15, 0.2) is 49.0 Å². The van der Waals surface area contributed by atoms with E-state index in [4.69, 9.17) is 0 Å². The topological polar surface area (TPSA) is 52.6 Å². The van der Waals surface area contributed by atoms with Crippen molar-refractivity contribution in [3.63, 3.8) is 0 Å². The average Bonchev–Trinajstić information content (AvgIpc) is 2.76. The molecule has 2 N–H and O–H groups in total. The highest BCUT2D eigenvalue weighted by Crippen LogP contribution is 2.29. The van der Waals surface area contributed by atoms with Gasteiger partial charge in [0.15, 0.2) is 5.78 Å². The number of aromatic hydroxyl groups is 1. The van der Waals surface area contributed by atoms with Crippen molar-refractivity contribution in [1.82, 2.24) is 4.90 Å². The Hall–Kier alpha value is -2.59. The van der Waals surface area contributed by atoms with Crippen LogP contribution >= 0.6 is 0 Å². The zero-order chi connectivity index (χ0) is 21.9. The second-order valence-electron chi connectivity index (χ2n) is 7.66. The summed E-state index contributed by atoms with van der Waals surface area (Å²) < 4.78 is 0. The van der Waals surface area contributed by atoms with Gasteiger partial charge in [0.25, 0.3) is 0 Å². The van der Waals surface area contributed by atoms with Crippen LogP contribution in [0.3, 0.4) is 0 Å². The molecule has 0 bridgehead atoms. The first-order chi connectivity index (χ1) is 14.5. The fourth-order valence-corrected chi connectivity index (χ4v) is 3.57. The molecule has 0 fully saturated rings. The van der Waals surface area contributed by atoms with Crippen molar-refractivity contribution in [1.29, 1.82) is 0 Å². The van der Waals surface area contributed by atoms with Gasteiger partial charge in [-0.1, -0.05) is 51.1 Å². The largest absolute Gasteiger partial charge is 0.508 e. The van der Waals surface area contributed by atoms with Crippen molar-refractivity contribution < 1.29 is 9.90 Å². The number of carbonyl (C=O) groups excluding carboxylic acids is 1. The second kappa shape index (κ2) is 12.2. The zero-order valence-electron chi connectivity index (χ0n) is 18.7. The molecular weight excluding hydrogens is 372 g/mol. The minimum atomic E-state index is -0.0943. The van der Waals surface area contributed by atoms with Crippen LogP contribution in [0.5, 0.6) is 5.75 Å². The lowest BCUT2D eigenvalue weighted by Crippen LogP contribution is -2.25. The van der Waals surface area contributed by atoms with Gasteiger partial charge in [-0.3, -0.25) is 4.79 Å². The SMILES string of the molecule is C=C(C(=O)c1ccc(CCCN(CC)CCCC)cc1)c1ccc(O)cc1NCC. The van der Waals surface area contributed by atoms with Crippen molar-refractivity contribution in [2.45, 2.75) is 46.5 Å². The third kappa shape index (κ3) is 6.74. The van der Waals surface area contributed by atoms with Crippen LogP contribution in [0.2, 0.25) is 0 Å². The van der Waals surface area contributed by atoms with Gasteiger partial charge in [-0.25, -0.2) is 0 Å². The Labute approximate surface area is 181 Å². The number of phenols is 1. The Morgan fingerprint density at radius 1 is 1.03 bits per heavy atom. The van der Waals surface area contributed by atoms with Gasteiger partial charge < -0.3 is 15.3 Å². The molecule has 2 aromatic carbocycles. The predicted molar refractivity (Wildman–Crippen MR) is 127 cm³/mol. The smallest absolute Gasteiger partial charge is 0.193 e. The standard InChI is InChI=1S/C26H36N2O2/c1-5-8-17-28(7-3)18-9-10-21-11-13-22(14-12-21)26(30)20(4)24-16-15-23(29)19-25(24)27-6-2/h11-16,19,27,29H,4-10,17-18H2,1-3H3. The first-order valence-corrected chi connectivity index (χ1v) is 11.1. The number of aryl methyl sites for hydroxylation is 1. The van der Waals surface area contributed by atoms with Crippen LogP contribution in [0.1, 0.15) is 61.5 Å². The average molecular weight is 409 g/mol. The van der Waals surface area contributed by atoms with E-state index in [0.717, 1.165) is 37.2 Å². The summed E-state index contributed by atoms with van der Waals surface area (Å²) in [6.07, 6.45) is 4.63. The maximum atomic E-state index is 12.9. The van der Waals surface area contributed by atoms with Gasteiger partial charge in [0.1, 0.15) is 5.75 Å². The molecule has 0 aliphatic carbocycles. The first-order valence-electron chi connectivity index (χ1n) is 11.1. The molecule has 4 heteroatoms. The van der Waals surface area contributed by atoms with Crippen LogP contribution in [0, 0.1) is 0 Å². The van der Waals surface area contributed by atoms with E-state index in [2.05, 4.69) is 30.6 Å². The highest BCUT2D eigenvalue weighted by molar-refractivity contribution is 6.29. The zero-order valence-corrected chi connectivity index (χ0v) is 18.7. The molecule has 0 unspecified atom stereocenters. The van der Waals surface area contributed by atoms with E-state index in [-0.39, 0.29) is 11.5 Å². The Bertz CT molecular complexity index is 827. The predicted octanol–water partition coefficient (Wildman–Crippen LogP) is 5.77. The van der Waals surface area contributed by atoms with Crippen molar-refractivity contribution >= 4 is 17.0 Å². The molecule has 2 aromatic rings. The summed E-state index contributed by atoms with van der Waals surface area (Å²) in [6, 6.07) is 12.8. The second-order valence-corrected chi connectivity index (χ2v) is 7.66. The van der Waals surface area contributed by atoms with E-state index in [1.165, 1.54) is 24.9 Å². The quantitative estimate of drug-likeness (QED) is 0.326. The van der Waals surface area contributed by atoms with Crippen molar-refractivity contribution in [3.05, 3.63) is 65.7 Å². The van der Waals surface area contributed by atoms with Crippen LogP contribution in [-0.2, 0) is 6.42 Å². The van der Waals surface area contributed by atoms with Gasteiger partial charge in [0.05, 0.1) is 0 Å². The van der Waals surface area contributed by atoms with Gasteiger partial charge >= 0.3 is 0 Å². The van der Waals surface area contributed by atoms with Crippen molar-refractivity contribution in [2.24, 2.45) is 0 Å². The van der Waals surface area contributed by atoms with E-state index in [1.807, 2.05) is 31.2 Å². The molecule has 30 heavy (non-hydrogen) atoms. The van der Waals surface area contributed by atoms with E-state index >= 15 is 0 Å². The fraction of sp³-hybridized carbons (Fsp3) is 0.423. The van der Waals surface area contributed by atoms with Crippen LogP contribution < -0.4 is 5.32 Å². The molecule has 2 rings (SSSR count). The summed E-state index contributed by atoms with van der Waals surface area (Å²) >= 11 is 0. The number of phenolic OH excluding ortho intramolecular Hbond substituents is 1. The molecule has 162 valence electrons.